The molecule has 1 aromatic rings. The number of benzene rings is 1. The number of halogens is 2. The molecule has 0 saturated carbocycles. The fourth-order valence-electron chi connectivity index (χ4n) is 1.30. The number of sulfonamides is 1. The average Bonchev–Trinajstić information content (AvgIpc) is 2.27. The van der Waals surface area contributed by atoms with Gasteiger partial charge in [-0.2, -0.15) is 4.72 Å². The van der Waals surface area contributed by atoms with Crippen LogP contribution in [0.4, 0.5) is 0 Å². The van der Waals surface area contributed by atoms with Crippen LogP contribution in [-0.4, -0.2) is 27.0 Å². The lowest BCUT2D eigenvalue weighted by atomic mass is 10.4. The third kappa shape index (κ3) is 4.65. The number of carbonyl (C=O) groups excluding carboxylic acids is 1. The first-order valence-electron chi connectivity index (χ1n) is 5.41. The van der Waals surface area contributed by atoms with Crippen LogP contribution in [0.3, 0.4) is 0 Å². The molecule has 5 nitrogen and oxygen atoms in total. The van der Waals surface area contributed by atoms with E-state index in [-0.39, 0.29) is 21.5 Å². The molecule has 0 bridgehead atoms. The zero-order valence-corrected chi connectivity index (χ0v) is 12.6. The number of esters is 1. The van der Waals surface area contributed by atoms with Crippen molar-refractivity contribution in [3.05, 3.63) is 28.2 Å². The molecule has 0 aliphatic heterocycles. The first-order valence-corrected chi connectivity index (χ1v) is 7.65. The Bertz CT molecular complexity index is 554. The smallest absolute Gasteiger partial charge is 0.323 e. The number of rotatable bonds is 5. The van der Waals surface area contributed by atoms with Gasteiger partial charge in [0.05, 0.1) is 11.5 Å². The second kappa shape index (κ2) is 6.56. The molecule has 0 spiro atoms. The Kier molecular flexibility index (Phi) is 5.61. The van der Waals surface area contributed by atoms with Crippen LogP contribution in [-0.2, 0) is 19.6 Å². The molecule has 106 valence electrons. The monoisotopic (exact) mass is 325 g/mol. The van der Waals surface area contributed by atoms with E-state index in [9.17, 15) is 13.2 Å². The minimum atomic E-state index is -3.89. The Labute approximate surface area is 121 Å². The van der Waals surface area contributed by atoms with Crippen molar-refractivity contribution in [1.82, 2.24) is 4.72 Å². The molecule has 1 aromatic carbocycles. The van der Waals surface area contributed by atoms with E-state index < -0.39 is 22.0 Å². The van der Waals surface area contributed by atoms with Crippen LogP contribution in [0, 0.1) is 0 Å². The number of carbonyl (C=O) groups is 1. The molecular weight excluding hydrogens is 313 g/mol. The van der Waals surface area contributed by atoms with E-state index >= 15 is 0 Å². The van der Waals surface area contributed by atoms with Crippen molar-refractivity contribution in [3.63, 3.8) is 0 Å². The molecule has 0 fully saturated rings. The lowest BCUT2D eigenvalue weighted by molar-refractivity contribution is -0.144. The van der Waals surface area contributed by atoms with Gasteiger partial charge in [-0.25, -0.2) is 8.42 Å². The Morgan fingerprint density at radius 3 is 2.32 bits per heavy atom. The highest BCUT2D eigenvalue weighted by Gasteiger charge is 2.23. The molecule has 0 saturated heterocycles. The minimum Gasteiger partial charge on any atom is -0.465 e. The maximum Gasteiger partial charge on any atom is 0.323 e. The zero-order chi connectivity index (χ0) is 14.6. The van der Waals surface area contributed by atoms with Gasteiger partial charge < -0.3 is 4.74 Å². The lowest BCUT2D eigenvalue weighted by Gasteiger charge is -2.13. The quantitative estimate of drug-likeness (QED) is 0.842. The number of ether oxygens (including phenoxy) is 1. The molecule has 0 heterocycles. The second-order valence-corrected chi connectivity index (χ2v) is 6.29. The molecule has 0 aliphatic carbocycles. The third-order valence-corrected chi connectivity index (χ3v) is 4.08. The van der Waals surface area contributed by atoms with Crippen LogP contribution in [0.15, 0.2) is 23.1 Å². The van der Waals surface area contributed by atoms with Crippen molar-refractivity contribution in [3.8, 4) is 0 Å². The van der Waals surface area contributed by atoms with Gasteiger partial charge in [-0.15, -0.1) is 0 Å². The molecule has 8 heteroatoms. The predicted octanol–water partition coefficient (Wildman–Crippen LogP) is 2.22. The molecule has 1 unspecified atom stereocenters. The second-order valence-electron chi connectivity index (χ2n) is 3.70. The van der Waals surface area contributed by atoms with Gasteiger partial charge >= 0.3 is 5.97 Å². The molecule has 1 rings (SSSR count). The van der Waals surface area contributed by atoms with Crippen LogP contribution < -0.4 is 4.72 Å². The summed E-state index contributed by atoms with van der Waals surface area (Å²) >= 11 is 11.5. The van der Waals surface area contributed by atoms with Gasteiger partial charge in [0.2, 0.25) is 10.0 Å². The van der Waals surface area contributed by atoms with Crippen LogP contribution in [0.2, 0.25) is 10.0 Å². The number of nitrogens with one attached hydrogen (secondary N) is 1. The largest absolute Gasteiger partial charge is 0.465 e. The fraction of sp³-hybridized carbons (Fsp3) is 0.364. The summed E-state index contributed by atoms with van der Waals surface area (Å²) in [5.74, 6) is -0.654. The topological polar surface area (TPSA) is 72.5 Å². The normalized spacial score (nSPS) is 13.1. The average molecular weight is 326 g/mol. The van der Waals surface area contributed by atoms with E-state index in [1.807, 2.05) is 0 Å². The summed E-state index contributed by atoms with van der Waals surface area (Å²) in [6.07, 6.45) is 0. The summed E-state index contributed by atoms with van der Waals surface area (Å²) in [6.45, 7) is 3.20. The maximum absolute atomic E-state index is 12.0. The molecule has 0 aromatic heterocycles. The summed E-state index contributed by atoms with van der Waals surface area (Å²) in [4.78, 5) is 11.3. The summed E-state index contributed by atoms with van der Waals surface area (Å²) in [6, 6.07) is 2.90. The molecule has 19 heavy (non-hydrogen) atoms. The van der Waals surface area contributed by atoms with Crippen molar-refractivity contribution >= 4 is 39.2 Å². The Balaban J connectivity index is 2.95. The van der Waals surface area contributed by atoms with Crippen molar-refractivity contribution in [2.75, 3.05) is 6.61 Å². The van der Waals surface area contributed by atoms with Crippen LogP contribution >= 0.6 is 23.2 Å². The van der Waals surface area contributed by atoms with E-state index in [4.69, 9.17) is 27.9 Å². The molecule has 0 aliphatic rings. The van der Waals surface area contributed by atoms with E-state index in [0.717, 1.165) is 0 Å². The zero-order valence-electron chi connectivity index (χ0n) is 10.3. The highest BCUT2D eigenvalue weighted by atomic mass is 35.5. The molecular formula is C11H13Cl2NO4S. The van der Waals surface area contributed by atoms with Crippen molar-refractivity contribution in [2.24, 2.45) is 0 Å². The highest BCUT2D eigenvalue weighted by molar-refractivity contribution is 7.89. The SMILES string of the molecule is CCOC(=O)C(C)NS(=O)(=O)c1cc(Cl)cc(Cl)c1. The highest BCUT2D eigenvalue weighted by Crippen LogP contribution is 2.22. The number of hydrogen-bond donors (Lipinski definition) is 1. The molecule has 1 N–H and O–H groups in total. The van der Waals surface area contributed by atoms with Gasteiger partial charge in [0.25, 0.3) is 0 Å². The van der Waals surface area contributed by atoms with Gasteiger partial charge in [0.15, 0.2) is 0 Å². The van der Waals surface area contributed by atoms with E-state index in [1.54, 1.807) is 6.92 Å². The van der Waals surface area contributed by atoms with Gasteiger partial charge in [-0.1, -0.05) is 23.2 Å². The fourth-order valence-corrected chi connectivity index (χ4v) is 3.22. The standard InChI is InChI=1S/C11H13Cl2NO4S/c1-3-18-11(15)7(2)14-19(16,17)10-5-8(12)4-9(13)6-10/h4-7,14H,3H2,1-2H3. The van der Waals surface area contributed by atoms with Crippen molar-refractivity contribution in [2.45, 2.75) is 24.8 Å². The Morgan fingerprint density at radius 2 is 1.84 bits per heavy atom. The number of hydrogen-bond acceptors (Lipinski definition) is 4. The van der Waals surface area contributed by atoms with Gasteiger partial charge in [0, 0.05) is 10.0 Å². The first-order chi connectivity index (χ1) is 8.76. The van der Waals surface area contributed by atoms with Gasteiger partial charge in [0.1, 0.15) is 6.04 Å². The summed E-state index contributed by atoms with van der Waals surface area (Å²) in [5, 5.41) is 0.383. The molecule has 0 amide bonds. The van der Waals surface area contributed by atoms with Crippen molar-refractivity contribution in [1.29, 1.82) is 0 Å². The minimum absolute atomic E-state index is 0.110. The van der Waals surface area contributed by atoms with Gasteiger partial charge in [-0.3, -0.25) is 4.79 Å². The lowest BCUT2D eigenvalue weighted by Crippen LogP contribution is -2.39. The Hall–Kier alpha value is -0.820. The summed E-state index contributed by atoms with van der Waals surface area (Å²) in [5.41, 5.74) is 0. The Morgan fingerprint density at radius 1 is 1.32 bits per heavy atom. The predicted molar refractivity (Wildman–Crippen MR) is 72.9 cm³/mol. The van der Waals surface area contributed by atoms with Crippen LogP contribution in [0.1, 0.15) is 13.8 Å². The summed E-state index contributed by atoms with van der Waals surface area (Å²) < 4.78 is 30.9. The third-order valence-electron chi connectivity index (χ3n) is 2.12. The first kappa shape index (κ1) is 16.2. The molecule has 1 atom stereocenters. The van der Waals surface area contributed by atoms with Crippen molar-refractivity contribution < 1.29 is 17.9 Å². The van der Waals surface area contributed by atoms with Crippen LogP contribution in [0.5, 0.6) is 0 Å². The van der Waals surface area contributed by atoms with Crippen LogP contribution in [0.25, 0.3) is 0 Å². The maximum atomic E-state index is 12.0. The van der Waals surface area contributed by atoms with E-state index in [2.05, 4.69) is 4.72 Å². The summed E-state index contributed by atoms with van der Waals surface area (Å²) in [7, 11) is -3.89. The van der Waals surface area contributed by atoms with E-state index in [0.29, 0.717) is 0 Å². The van der Waals surface area contributed by atoms with Gasteiger partial charge in [-0.05, 0) is 32.0 Å². The van der Waals surface area contributed by atoms with E-state index in [1.165, 1.54) is 25.1 Å². The molecule has 0 radical (unpaired) electrons.